The fourth-order valence-corrected chi connectivity index (χ4v) is 2.68. The maximum absolute atomic E-state index is 12.0. The van der Waals surface area contributed by atoms with Crippen molar-refractivity contribution in [3.8, 4) is 0 Å². The number of nitrogens with one attached hydrogen (secondary N) is 1. The fraction of sp³-hybridized carbons (Fsp3) is 0.500. The van der Waals surface area contributed by atoms with Crippen LogP contribution in [0.3, 0.4) is 0 Å². The molecule has 0 radical (unpaired) electrons. The summed E-state index contributed by atoms with van der Waals surface area (Å²) in [4.78, 5) is 14.3. The Hall–Kier alpha value is -0.870. The van der Waals surface area contributed by atoms with Crippen molar-refractivity contribution in [2.24, 2.45) is 5.92 Å². The summed E-state index contributed by atoms with van der Waals surface area (Å²) in [7, 11) is 2.14. The summed E-state index contributed by atoms with van der Waals surface area (Å²) in [6, 6.07) is 7.72. The van der Waals surface area contributed by atoms with E-state index in [-0.39, 0.29) is 5.91 Å². The number of likely N-dealkylation sites (tertiary alicyclic amines) is 1. The van der Waals surface area contributed by atoms with Gasteiger partial charge in [0.05, 0.1) is 5.69 Å². The Balaban J connectivity index is 1.84. The van der Waals surface area contributed by atoms with Crippen molar-refractivity contribution in [2.75, 3.05) is 25.5 Å². The van der Waals surface area contributed by atoms with Crippen LogP contribution in [0, 0.1) is 5.92 Å². The number of amides is 1. The first kappa shape index (κ1) is 13.6. The molecular weight excluding hydrogens is 292 g/mol. The Morgan fingerprint density at radius 2 is 2.06 bits per heavy atom. The summed E-state index contributed by atoms with van der Waals surface area (Å²) in [5.74, 6) is 0.653. The van der Waals surface area contributed by atoms with E-state index in [1.54, 1.807) is 0 Å². The molecule has 0 unspecified atom stereocenters. The monoisotopic (exact) mass is 310 g/mol. The van der Waals surface area contributed by atoms with Gasteiger partial charge in [-0.15, -0.1) is 0 Å². The molecule has 2 rings (SSSR count). The number of para-hydroxylation sites is 1. The molecule has 1 heterocycles. The minimum atomic E-state index is 0.122. The predicted molar refractivity (Wildman–Crippen MR) is 77.6 cm³/mol. The van der Waals surface area contributed by atoms with Crippen LogP contribution in [-0.4, -0.2) is 30.9 Å². The molecular formula is C14H19BrN2O. The molecule has 0 bridgehead atoms. The van der Waals surface area contributed by atoms with Crippen molar-refractivity contribution in [1.29, 1.82) is 0 Å². The zero-order valence-corrected chi connectivity index (χ0v) is 12.2. The van der Waals surface area contributed by atoms with E-state index in [0.29, 0.717) is 12.3 Å². The summed E-state index contributed by atoms with van der Waals surface area (Å²) in [6.07, 6.45) is 2.88. The fourth-order valence-electron chi connectivity index (χ4n) is 2.29. The van der Waals surface area contributed by atoms with Crippen molar-refractivity contribution in [3.63, 3.8) is 0 Å². The highest BCUT2D eigenvalue weighted by molar-refractivity contribution is 9.10. The number of benzene rings is 1. The van der Waals surface area contributed by atoms with E-state index < -0.39 is 0 Å². The summed E-state index contributed by atoms with van der Waals surface area (Å²) < 4.78 is 0.932. The van der Waals surface area contributed by atoms with Crippen molar-refractivity contribution in [1.82, 2.24) is 4.90 Å². The van der Waals surface area contributed by atoms with Crippen LogP contribution in [-0.2, 0) is 4.79 Å². The van der Waals surface area contributed by atoms with Crippen LogP contribution >= 0.6 is 15.9 Å². The van der Waals surface area contributed by atoms with E-state index in [9.17, 15) is 4.79 Å². The molecule has 1 aliphatic heterocycles. The van der Waals surface area contributed by atoms with Gasteiger partial charge in [0.2, 0.25) is 5.91 Å². The summed E-state index contributed by atoms with van der Waals surface area (Å²) in [6.45, 7) is 2.21. The highest BCUT2D eigenvalue weighted by Gasteiger charge is 2.19. The number of anilines is 1. The molecule has 1 fully saturated rings. The Labute approximate surface area is 117 Å². The average Bonchev–Trinajstić information content (AvgIpc) is 2.35. The first-order valence-corrected chi connectivity index (χ1v) is 7.17. The lowest BCUT2D eigenvalue weighted by atomic mass is 9.93. The minimum Gasteiger partial charge on any atom is -0.325 e. The van der Waals surface area contributed by atoms with E-state index in [1.165, 1.54) is 0 Å². The van der Waals surface area contributed by atoms with Gasteiger partial charge < -0.3 is 10.2 Å². The second kappa shape index (κ2) is 6.34. The normalized spacial score (nSPS) is 17.7. The smallest absolute Gasteiger partial charge is 0.224 e. The molecule has 1 aromatic rings. The lowest BCUT2D eigenvalue weighted by Crippen LogP contribution is -2.31. The number of rotatable bonds is 3. The van der Waals surface area contributed by atoms with Crippen molar-refractivity contribution < 1.29 is 4.79 Å². The largest absolute Gasteiger partial charge is 0.325 e. The molecule has 3 nitrogen and oxygen atoms in total. The van der Waals surface area contributed by atoms with E-state index in [1.807, 2.05) is 24.3 Å². The number of piperidine rings is 1. The molecule has 18 heavy (non-hydrogen) atoms. The van der Waals surface area contributed by atoms with Gasteiger partial charge in [-0.25, -0.2) is 0 Å². The van der Waals surface area contributed by atoms with Gasteiger partial charge in [-0.3, -0.25) is 4.79 Å². The third kappa shape index (κ3) is 3.82. The van der Waals surface area contributed by atoms with Crippen LogP contribution in [0.25, 0.3) is 0 Å². The number of carbonyl (C=O) groups excluding carboxylic acids is 1. The van der Waals surface area contributed by atoms with Crippen LogP contribution in [0.1, 0.15) is 19.3 Å². The molecule has 0 saturated carbocycles. The van der Waals surface area contributed by atoms with Crippen molar-refractivity contribution >= 4 is 27.5 Å². The van der Waals surface area contributed by atoms with E-state index in [2.05, 4.69) is 33.2 Å². The Morgan fingerprint density at radius 1 is 1.39 bits per heavy atom. The molecule has 4 heteroatoms. The van der Waals surface area contributed by atoms with Gasteiger partial charge in [0, 0.05) is 10.9 Å². The van der Waals surface area contributed by atoms with E-state index >= 15 is 0 Å². The lowest BCUT2D eigenvalue weighted by molar-refractivity contribution is -0.117. The highest BCUT2D eigenvalue weighted by Crippen LogP contribution is 2.23. The van der Waals surface area contributed by atoms with Crippen LogP contribution in [0.4, 0.5) is 5.69 Å². The molecule has 0 spiro atoms. The summed E-state index contributed by atoms with van der Waals surface area (Å²) >= 11 is 3.44. The third-order valence-electron chi connectivity index (χ3n) is 3.46. The minimum absolute atomic E-state index is 0.122. The second-order valence-electron chi connectivity index (χ2n) is 4.98. The second-order valence-corrected chi connectivity index (χ2v) is 5.83. The van der Waals surface area contributed by atoms with Gasteiger partial charge in [-0.05, 0) is 67.0 Å². The van der Waals surface area contributed by atoms with Crippen LogP contribution in [0.5, 0.6) is 0 Å². The van der Waals surface area contributed by atoms with Gasteiger partial charge in [0.1, 0.15) is 0 Å². The molecule has 98 valence electrons. The van der Waals surface area contributed by atoms with Crippen LogP contribution in [0.15, 0.2) is 28.7 Å². The molecule has 0 aromatic heterocycles. The summed E-state index contributed by atoms with van der Waals surface area (Å²) in [5.41, 5.74) is 0.857. The Morgan fingerprint density at radius 3 is 2.72 bits per heavy atom. The van der Waals surface area contributed by atoms with Gasteiger partial charge in [-0.1, -0.05) is 12.1 Å². The van der Waals surface area contributed by atoms with Crippen molar-refractivity contribution in [2.45, 2.75) is 19.3 Å². The molecule has 1 amide bonds. The predicted octanol–water partition coefficient (Wildman–Crippen LogP) is 3.12. The van der Waals surface area contributed by atoms with Gasteiger partial charge in [-0.2, -0.15) is 0 Å². The zero-order valence-electron chi connectivity index (χ0n) is 10.7. The molecule has 1 saturated heterocycles. The number of hydrogen-bond acceptors (Lipinski definition) is 2. The summed E-state index contributed by atoms with van der Waals surface area (Å²) in [5, 5.41) is 2.97. The molecule has 1 N–H and O–H groups in total. The van der Waals surface area contributed by atoms with Crippen molar-refractivity contribution in [3.05, 3.63) is 28.7 Å². The third-order valence-corrected chi connectivity index (χ3v) is 4.15. The van der Waals surface area contributed by atoms with E-state index in [4.69, 9.17) is 0 Å². The molecule has 0 atom stereocenters. The van der Waals surface area contributed by atoms with Crippen LogP contribution < -0.4 is 5.32 Å². The molecule has 1 aliphatic rings. The van der Waals surface area contributed by atoms with Gasteiger partial charge in [0.25, 0.3) is 0 Å². The standard InChI is InChI=1S/C14H19BrN2O/c1-17-8-6-11(7-9-17)10-14(18)16-13-5-3-2-4-12(13)15/h2-5,11H,6-10H2,1H3,(H,16,18). The van der Waals surface area contributed by atoms with E-state index in [0.717, 1.165) is 36.1 Å². The first-order chi connectivity index (χ1) is 8.65. The topological polar surface area (TPSA) is 32.3 Å². The molecule has 0 aliphatic carbocycles. The average molecular weight is 311 g/mol. The SMILES string of the molecule is CN1CCC(CC(=O)Nc2ccccc2Br)CC1. The number of carbonyl (C=O) groups is 1. The number of hydrogen-bond donors (Lipinski definition) is 1. The lowest BCUT2D eigenvalue weighted by Gasteiger charge is -2.28. The molecule has 1 aromatic carbocycles. The van der Waals surface area contributed by atoms with Crippen LogP contribution in [0.2, 0.25) is 0 Å². The Bertz CT molecular complexity index is 414. The maximum Gasteiger partial charge on any atom is 0.224 e. The number of nitrogens with zero attached hydrogens (tertiary/aromatic N) is 1. The highest BCUT2D eigenvalue weighted by atomic mass is 79.9. The Kier molecular flexibility index (Phi) is 4.78. The first-order valence-electron chi connectivity index (χ1n) is 6.38. The quantitative estimate of drug-likeness (QED) is 0.930. The number of halogens is 1. The zero-order chi connectivity index (χ0) is 13.0. The van der Waals surface area contributed by atoms with Gasteiger partial charge in [0.15, 0.2) is 0 Å². The maximum atomic E-state index is 12.0. The van der Waals surface area contributed by atoms with Gasteiger partial charge >= 0.3 is 0 Å².